The number of hydrogen-bond donors (Lipinski definition) is 3. The summed E-state index contributed by atoms with van der Waals surface area (Å²) in [5.74, 6) is -2.76. The number of carboxylic acid groups (broad SMARTS) is 1. The van der Waals surface area contributed by atoms with Crippen LogP contribution in [0.2, 0.25) is 0 Å². The van der Waals surface area contributed by atoms with E-state index in [1.807, 2.05) is 24.3 Å². The lowest BCUT2D eigenvalue weighted by Crippen LogP contribution is -2.50. The predicted octanol–water partition coefficient (Wildman–Crippen LogP) is 4.49. The number of rotatable bonds is 7. The van der Waals surface area contributed by atoms with Crippen molar-refractivity contribution in [3.63, 3.8) is 0 Å². The molecule has 0 saturated heterocycles. The van der Waals surface area contributed by atoms with Crippen molar-refractivity contribution in [1.82, 2.24) is 10.3 Å². The fourth-order valence-corrected chi connectivity index (χ4v) is 4.66. The number of alkyl halides is 3. The van der Waals surface area contributed by atoms with E-state index in [0.29, 0.717) is 24.1 Å². The number of hydrogen-bond acceptors (Lipinski definition) is 4. The molecule has 2 atom stereocenters. The molecule has 3 aromatic rings. The van der Waals surface area contributed by atoms with Crippen molar-refractivity contribution >= 4 is 34.4 Å². The molecule has 2 saturated carbocycles. The van der Waals surface area contributed by atoms with Crippen LogP contribution in [0.5, 0.6) is 0 Å². The van der Waals surface area contributed by atoms with Crippen LogP contribution >= 0.6 is 0 Å². The summed E-state index contributed by atoms with van der Waals surface area (Å²) in [4.78, 5) is 42.2. The third-order valence-corrected chi connectivity index (χ3v) is 7.02. The molecule has 2 aromatic carbocycles. The summed E-state index contributed by atoms with van der Waals surface area (Å²) >= 11 is 0. The molecule has 1 aromatic heterocycles. The minimum absolute atomic E-state index is 0.167. The van der Waals surface area contributed by atoms with E-state index in [4.69, 9.17) is 0 Å². The molecule has 2 aliphatic rings. The second kappa shape index (κ2) is 8.32. The van der Waals surface area contributed by atoms with Crippen LogP contribution in [-0.4, -0.2) is 33.4 Å². The van der Waals surface area contributed by atoms with E-state index in [1.165, 1.54) is 18.3 Å². The molecule has 36 heavy (non-hydrogen) atoms. The maximum absolute atomic E-state index is 13.5. The van der Waals surface area contributed by atoms with Crippen molar-refractivity contribution in [3.8, 4) is 0 Å². The highest BCUT2D eigenvalue weighted by Gasteiger charge is 2.64. The van der Waals surface area contributed by atoms with E-state index >= 15 is 0 Å². The number of halogens is 3. The molecule has 7 nitrogen and oxygen atoms in total. The fraction of sp³-hybridized carbons (Fsp3) is 0.308. The smallest absolute Gasteiger partial charge is 0.416 e. The first-order valence-electron chi connectivity index (χ1n) is 11.4. The molecule has 2 amide bonds. The number of amides is 2. The molecule has 0 bridgehead atoms. The summed E-state index contributed by atoms with van der Waals surface area (Å²) in [7, 11) is 0. The monoisotopic (exact) mass is 497 g/mol. The largest absolute Gasteiger partial charge is 0.481 e. The van der Waals surface area contributed by atoms with Crippen molar-refractivity contribution in [2.24, 2.45) is 5.41 Å². The van der Waals surface area contributed by atoms with E-state index in [2.05, 4.69) is 15.6 Å². The first-order valence-corrected chi connectivity index (χ1v) is 11.4. The Kier molecular flexibility index (Phi) is 5.50. The van der Waals surface area contributed by atoms with Crippen LogP contribution < -0.4 is 10.6 Å². The Morgan fingerprint density at radius 3 is 2.36 bits per heavy atom. The highest BCUT2D eigenvalue weighted by Crippen LogP contribution is 2.55. The van der Waals surface area contributed by atoms with Crippen LogP contribution in [0.3, 0.4) is 0 Å². The van der Waals surface area contributed by atoms with Gasteiger partial charge in [-0.25, -0.2) is 0 Å². The summed E-state index contributed by atoms with van der Waals surface area (Å²) in [5.41, 5.74) is -1.70. The van der Waals surface area contributed by atoms with Gasteiger partial charge in [-0.2, -0.15) is 13.2 Å². The molecule has 1 heterocycles. The topological polar surface area (TPSA) is 108 Å². The molecular formula is C26H22F3N3O4. The van der Waals surface area contributed by atoms with E-state index in [9.17, 15) is 32.7 Å². The van der Waals surface area contributed by atoms with Crippen LogP contribution in [0.15, 0.2) is 60.8 Å². The number of carboxylic acids is 1. The van der Waals surface area contributed by atoms with Gasteiger partial charge in [0.15, 0.2) is 0 Å². The number of carbonyl (C=O) groups is 3. The van der Waals surface area contributed by atoms with E-state index in [0.717, 1.165) is 23.0 Å². The van der Waals surface area contributed by atoms with Crippen LogP contribution in [-0.2, 0) is 20.6 Å². The Morgan fingerprint density at radius 1 is 1.03 bits per heavy atom. The van der Waals surface area contributed by atoms with Gasteiger partial charge in [-0.05, 0) is 49.1 Å². The molecule has 2 unspecified atom stereocenters. The average molecular weight is 497 g/mol. The van der Waals surface area contributed by atoms with Crippen molar-refractivity contribution in [2.45, 2.75) is 43.3 Å². The first kappa shape index (κ1) is 23.8. The van der Waals surface area contributed by atoms with Gasteiger partial charge in [0.05, 0.1) is 34.8 Å². The van der Waals surface area contributed by atoms with Crippen LogP contribution in [0.1, 0.15) is 42.7 Å². The number of para-hydroxylation sites is 1. The normalized spacial score (nSPS) is 22.0. The lowest BCUT2D eigenvalue weighted by atomic mass is 9.98. The molecule has 5 rings (SSSR count). The minimum Gasteiger partial charge on any atom is -0.481 e. The number of fused-ring (bicyclic) bond motifs is 1. The number of carbonyl (C=O) groups excluding carboxylic acids is 2. The van der Waals surface area contributed by atoms with Crippen molar-refractivity contribution in [2.75, 3.05) is 5.32 Å². The van der Waals surface area contributed by atoms with Gasteiger partial charge in [0.2, 0.25) is 5.91 Å². The molecule has 2 aliphatic carbocycles. The Morgan fingerprint density at radius 2 is 1.72 bits per heavy atom. The summed E-state index contributed by atoms with van der Waals surface area (Å²) in [6.45, 7) is 0. The van der Waals surface area contributed by atoms with Gasteiger partial charge in [-0.3, -0.25) is 19.4 Å². The van der Waals surface area contributed by atoms with E-state index in [-0.39, 0.29) is 12.8 Å². The number of nitrogens with one attached hydrogen (secondary N) is 2. The number of nitrogens with zero attached hydrogens (tertiary/aromatic N) is 1. The number of benzene rings is 2. The third-order valence-electron chi connectivity index (χ3n) is 7.02. The molecule has 0 aliphatic heterocycles. The molecule has 0 spiro atoms. The Hall–Kier alpha value is -3.95. The highest BCUT2D eigenvalue weighted by atomic mass is 19.4. The predicted molar refractivity (Wildman–Crippen MR) is 124 cm³/mol. The third kappa shape index (κ3) is 4.38. The van der Waals surface area contributed by atoms with E-state index in [1.54, 1.807) is 6.07 Å². The van der Waals surface area contributed by atoms with E-state index < -0.39 is 46.4 Å². The number of aliphatic carboxylic acids is 1. The Labute approximate surface area is 203 Å². The summed E-state index contributed by atoms with van der Waals surface area (Å²) in [6, 6.07) is 13.5. The molecule has 3 N–H and O–H groups in total. The van der Waals surface area contributed by atoms with Gasteiger partial charge >= 0.3 is 12.1 Å². The van der Waals surface area contributed by atoms with Crippen LogP contribution in [0.25, 0.3) is 10.9 Å². The lowest BCUT2D eigenvalue weighted by Gasteiger charge is -2.23. The second-order valence-corrected chi connectivity index (χ2v) is 9.52. The van der Waals surface area contributed by atoms with Gasteiger partial charge in [0.1, 0.15) is 5.54 Å². The van der Waals surface area contributed by atoms with Crippen molar-refractivity contribution in [3.05, 3.63) is 71.9 Å². The van der Waals surface area contributed by atoms with Gasteiger partial charge < -0.3 is 15.7 Å². The number of anilines is 1. The summed E-state index contributed by atoms with van der Waals surface area (Å²) in [6.07, 6.45) is -2.41. The minimum atomic E-state index is -4.50. The van der Waals surface area contributed by atoms with Gasteiger partial charge in [-0.15, -0.1) is 0 Å². The zero-order valence-corrected chi connectivity index (χ0v) is 18.9. The molecule has 0 radical (unpaired) electrons. The van der Waals surface area contributed by atoms with Crippen molar-refractivity contribution < 1.29 is 32.7 Å². The average Bonchev–Trinajstić information content (AvgIpc) is 3.75. The quantitative estimate of drug-likeness (QED) is 0.446. The molecule has 2 fully saturated rings. The zero-order valence-electron chi connectivity index (χ0n) is 18.9. The summed E-state index contributed by atoms with van der Waals surface area (Å²) in [5, 5.41) is 15.5. The molecule has 186 valence electrons. The summed E-state index contributed by atoms with van der Waals surface area (Å²) < 4.78 is 39.0. The second-order valence-electron chi connectivity index (χ2n) is 9.52. The Balaban J connectivity index is 1.42. The number of aromatic nitrogens is 1. The maximum atomic E-state index is 13.5. The Bertz CT molecular complexity index is 1370. The van der Waals surface area contributed by atoms with Crippen LogP contribution in [0, 0.1) is 5.41 Å². The SMILES string of the molecule is O=C(O)CC1(C(=O)NC2(C(=O)Nc3cnc4ccccc4c3)CC2c2ccc(C(F)(F)F)cc2)CC1. The maximum Gasteiger partial charge on any atom is 0.416 e. The zero-order chi connectivity index (χ0) is 25.7. The van der Waals surface area contributed by atoms with Gasteiger partial charge in [-0.1, -0.05) is 30.3 Å². The molecular weight excluding hydrogens is 475 g/mol. The first-order chi connectivity index (χ1) is 17.0. The number of pyridine rings is 1. The highest BCUT2D eigenvalue weighted by molar-refractivity contribution is 6.06. The lowest BCUT2D eigenvalue weighted by molar-refractivity contribution is -0.142. The van der Waals surface area contributed by atoms with Gasteiger partial charge in [0, 0.05) is 11.3 Å². The van der Waals surface area contributed by atoms with Crippen molar-refractivity contribution in [1.29, 1.82) is 0 Å². The van der Waals surface area contributed by atoms with Crippen LogP contribution in [0.4, 0.5) is 18.9 Å². The molecule has 10 heteroatoms. The standard InChI is InChI=1S/C26H22F3N3O4/c27-26(28,29)17-7-5-15(6-8-17)19-12-25(19,32-22(35)24(9-10-24)13-21(33)34)23(36)31-18-11-16-3-1-2-4-20(16)30-14-18/h1-8,11,14,19H,9-10,12-13H2,(H,31,36)(H,32,35)(H,33,34). The van der Waals surface area contributed by atoms with Gasteiger partial charge in [0.25, 0.3) is 5.91 Å². The fourth-order valence-electron chi connectivity index (χ4n) is 4.66.